The maximum Gasteiger partial charge on any atom is 0.306 e. The second kappa shape index (κ2) is 36.0. The third-order valence-corrected chi connectivity index (χ3v) is 9.69. The van der Waals surface area contributed by atoms with Crippen molar-refractivity contribution in [3.05, 3.63) is 48.6 Å². The van der Waals surface area contributed by atoms with Crippen molar-refractivity contribution in [3.8, 4) is 0 Å². The molecule has 6 atom stereocenters. The van der Waals surface area contributed by atoms with Crippen LogP contribution in [0.2, 0.25) is 0 Å². The molecular formula is C45H78O10. The van der Waals surface area contributed by atoms with E-state index < -0.39 is 55.4 Å². The van der Waals surface area contributed by atoms with Crippen LogP contribution in [0.5, 0.6) is 0 Å². The molecule has 10 nitrogen and oxygen atoms in total. The van der Waals surface area contributed by atoms with Crippen molar-refractivity contribution in [1.29, 1.82) is 0 Å². The molecule has 0 aromatic heterocycles. The summed E-state index contributed by atoms with van der Waals surface area (Å²) >= 11 is 0. The molecule has 1 heterocycles. The topological polar surface area (TPSA) is 152 Å². The van der Waals surface area contributed by atoms with Gasteiger partial charge in [0, 0.05) is 12.8 Å². The molecule has 1 aliphatic heterocycles. The van der Waals surface area contributed by atoms with E-state index in [9.17, 15) is 30.0 Å². The van der Waals surface area contributed by atoms with Gasteiger partial charge in [0.15, 0.2) is 12.4 Å². The smallest absolute Gasteiger partial charge is 0.306 e. The predicted octanol–water partition coefficient (Wildman–Crippen LogP) is 8.88. The zero-order valence-electron chi connectivity index (χ0n) is 34.4. The fourth-order valence-corrected chi connectivity index (χ4v) is 6.19. The summed E-state index contributed by atoms with van der Waals surface area (Å²) in [6, 6.07) is 0. The molecule has 1 fully saturated rings. The highest BCUT2D eigenvalue weighted by Gasteiger charge is 2.44. The number of aliphatic hydroxyl groups is 4. The molecule has 0 saturated carbocycles. The van der Waals surface area contributed by atoms with Gasteiger partial charge in [-0.2, -0.15) is 0 Å². The highest BCUT2D eigenvalue weighted by Crippen LogP contribution is 2.22. The second-order valence-electron chi connectivity index (χ2n) is 14.8. The van der Waals surface area contributed by atoms with E-state index >= 15 is 0 Å². The van der Waals surface area contributed by atoms with Crippen LogP contribution < -0.4 is 0 Å². The van der Waals surface area contributed by atoms with Crippen molar-refractivity contribution in [2.24, 2.45) is 0 Å². The number of allylic oxidation sites excluding steroid dienone is 8. The van der Waals surface area contributed by atoms with Crippen LogP contribution in [0.1, 0.15) is 168 Å². The highest BCUT2D eigenvalue weighted by molar-refractivity contribution is 5.70. The summed E-state index contributed by atoms with van der Waals surface area (Å²) in [5, 5.41) is 40.0. The molecule has 55 heavy (non-hydrogen) atoms. The summed E-state index contributed by atoms with van der Waals surface area (Å²) in [5.74, 6) is -0.842. The van der Waals surface area contributed by atoms with E-state index in [1.54, 1.807) is 0 Å². The average Bonchev–Trinajstić information content (AvgIpc) is 3.18. The molecule has 1 aliphatic rings. The molecule has 0 aromatic rings. The van der Waals surface area contributed by atoms with Crippen molar-refractivity contribution in [2.75, 3.05) is 19.8 Å². The van der Waals surface area contributed by atoms with E-state index in [0.29, 0.717) is 12.8 Å². The molecule has 0 bridgehead atoms. The van der Waals surface area contributed by atoms with E-state index in [0.717, 1.165) is 83.5 Å². The number of carbonyl (C=O) groups is 2. The Morgan fingerprint density at radius 2 is 1.02 bits per heavy atom. The molecule has 1 saturated heterocycles. The number of carbonyl (C=O) groups excluding carboxylic acids is 2. The third kappa shape index (κ3) is 27.8. The van der Waals surface area contributed by atoms with Gasteiger partial charge in [0.2, 0.25) is 0 Å². The summed E-state index contributed by atoms with van der Waals surface area (Å²) < 4.78 is 22.1. The Morgan fingerprint density at radius 3 is 1.51 bits per heavy atom. The van der Waals surface area contributed by atoms with Gasteiger partial charge in [-0.1, -0.05) is 127 Å². The second-order valence-corrected chi connectivity index (χ2v) is 14.8. The van der Waals surface area contributed by atoms with Gasteiger partial charge < -0.3 is 39.4 Å². The zero-order chi connectivity index (χ0) is 40.2. The monoisotopic (exact) mass is 779 g/mol. The summed E-state index contributed by atoms with van der Waals surface area (Å²) in [7, 11) is 0. The molecule has 0 aliphatic carbocycles. The lowest BCUT2D eigenvalue weighted by Gasteiger charge is -2.39. The molecule has 0 unspecified atom stereocenters. The van der Waals surface area contributed by atoms with E-state index in [2.05, 4.69) is 62.5 Å². The molecule has 4 N–H and O–H groups in total. The quantitative estimate of drug-likeness (QED) is 0.0279. The van der Waals surface area contributed by atoms with Crippen molar-refractivity contribution in [1.82, 2.24) is 0 Å². The fraction of sp³-hybridized carbons (Fsp3) is 0.778. The third-order valence-electron chi connectivity index (χ3n) is 9.69. The van der Waals surface area contributed by atoms with E-state index in [-0.39, 0.29) is 26.1 Å². The number of aliphatic hydroxyl groups excluding tert-OH is 4. The molecule has 1 rings (SSSR count). The fourth-order valence-electron chi connectivity index (χ4n) is 6.19. The largest absolute Gasteiger partial charge is 0.462 e. The Labute approximate surface area is 333 Å². The van der Waals surface area contributed by atoms with Gasteiger partial charge in [0.1, 0.15) is 31.0 Å². The standard InChI is InChI=1S/C45H78O10/c1-3-5-7-9-11-13-15-17-19-21-23-25-27-29-31-33-40(47)52-36-38(37-53-45-44(51)43(50)42(49)39(35-46)55-45)54-41(48)34-32-30-28-26-24-22-20-18-16-14-12-10-8-6-4-2/h11-14,17-20,38-39,42-46,49-51H,3-10,15-16,21-37H2,1-2H3/b13-11-,14-12-,19-17-,20-18-/t38-,39+,42-,43-,44+,45+/m1/s1. The summed E-state index contributed by atoms with van der Waals surface area (Å²) in [4.78, 5) is 25.3. The van der Waals surface area contributed by atoms with Crippen LogP contribution in [-0.2, 0) is 28.5 Å². The van der Waals surface area contributed by atoms with Crippen LogP contribution in [-0.4, -0.2) is 89.0 Å². The highest BCUT2D eigenvalue weighted by atomic mass is 16.7. The molecule has 10 heteroatoms. The summed E-state index contributed by atoms with van der Waals surface area (Å²) in [6.07, 6.45) is 33.9. The van der Waals surface area contributed by atoms with Gasteiger partial charge in [-0.25, -0.2) is 0 Å². The van der Waals surface area contributed by atoms with Crippen LogP contribution in [0.3, 0.4) is 0 Å². The molecule has 0 radical (unpaired) electrons. The van der Waals surface area contributed by atoms with Crippen molar-refractivity contribution in [2.45, 2.75) is 205 Å². The molecule has 0 aromatic carbocycles. The first-order valence-electron chi connectivity index (χ1n) is 21.7. The van der Waals surface area contributed by atoms with Crippen molar-refractivity contribution in [3.63, 3.8) is 0 Å². The minimum Gasteiger partial charge on any atom is -0.462 e. The first-order chi connectivity index (χ1) is 26.8. The lowest BCUT2D eigenvalue weighted by molar-refractivity contribution is -0.305. The minimum atomic E-state index is -1.60. The SMILES string of the molecule is CCCCC/C=C\C/C=C\CCCCCCCC(=O)OC[C@H](CO[C@H]1O[C@@H](CO)[C@@H](O)[C@@H](O)[C@@H]1O)OC(=O)CCCCCCC/C=C\C/C=C\CCCCC. The normalized spacial score (nSPS) is 21.0. The molecular weight excluding hydrogens is 700 g/mol. The Kier molecular flexibility index (Phi) is 33.2. The maximum atomic E-state index is 12.7. The number of ether oxygens (including phenoxy) is 4. The lowest BCUT2D eigenvalue weighted by Crippen LogP contribution is -2.59. The van der Waals surface area contributed by atoms with Gasteiger partial charge >= 0.3 is 11.9 Å². The first kappa shape index (κ1) is 50.7. The molecule has 0 amide bonds. The van der Waals surface area contributed by atoms with Gasteiger partial charge in [-0.15, -0.1) is 0 Å². The summed E-state index contributed by atoms with van der Waals surface area (Å²) in [5.41, 5.74) is 0. The van der Waals surface area contributed by atoms with E-state index in [1.165, 1.54) is 44.9 Å². The van der Waals surface area contributed by atoms with Crippen molar-refractivity contribution < 1.29 is 49.0 Å². The van der Waals surface area contributed by atoms with E-state index in [4.69, 9.17) is 18.9 Å². The maximum absolute atomic E-state index is 12.7. The first-order valence-corrected chi connectivity index (χ1v) is 21.7. The van der Waals surface area contributed by atoms with Gasteiger partial charge in [-0.3, -0.25) is 9.59 Å². The van der Waals surface area contributed by atoms with Crippen LogP contribution in [0.4, 0.5) is 0 Å². The Morgan fingerprint density at radius 1 is 0.564 bits per heavy atom. The average molecular weight is 779 g/mol. The zero-order valence-corrected chi connectivity index (χ0v) is 34.4. The van der Waals surface area contributed by atoms with Crippen LogP contribution in [0.25, 0.3) is 0 Å². The number of unbranched alkanes of at least 4 members (excludes halogenated alkanes) is 16. The predicted molar refractivity (Wildman–Crippen MR) is 219 cm³/mol. The molecule has 0 spiro atoms. The van der Waals surface area contributed by atoms with Crippen molar-refractivity contribution >= 4 is 11.9 Å². The van der Waals surface area contributed by atoms with Gasteiger partial charge in [0.05, 0.1) is 13.2 Å². The minimum absolute atomic E-state index is 0.209. The lowest BCUT2D eigenvalue weighted by atomic mass is 9.99. The summed E-state index contributed by atoms with van der Waals surface area (Å²) in [6.45, 7) is 3.33. The van der Waals surface area contributed by atoms with Crippen LogP contribution >= 0.6 is 0 Å². The number of rotatable bonds is 35. The van der Waals surface area contributed by atoms with E-state index in [1.807, 2.05) is 0 Å². The Bertz CT molecular complexity index is 1040. The number of hydrogen-bond acceptors (Lipinski definition) is 10. The van der Waals surface area contributed by atoms with Gasteiger partial charge in [0.25, 0.3) is 0 Å². The molecule has 318 valence electrons. The van der Waals surface area contributed by atoms with Crippen LogP contribution in [0, 0.1) is 0 Å². The Balaban J connectivity index is 2.38. The van der Waals surface area contributed by atoms with Crippen LogP contribution in [0.15, 0.2) is 48.6 Å². The Hall–Kier alpha value is -2.34. The number of hydrogen-bond donors (Lipinski definition) is 4. The van der Waals surface area contributed by atoms with Gasteiger partial charge in [-0.05, 0) is 77.0 Å². The number of esters is 2.